The third-order valence-corrected chi connectivity index (χ3v) is 6.62. The molecule has 1 aromatic heterocycles. The first kappa shape index (κ1) is 26.6. The number of likely N-dealkylation sites (N-methyl/N-ethyl adjacent to an activating group) is 1. The molecule has 2 heterocycles. The quantitative estimate of drug-likeness (QED) is 0.243. The molecular weight excluding hydrogens is 508 g/mol. The zero-order valence-electron chi connectivity index (χ0n) is 21.1. The van der Waals surface area contributed by atoms with E-state index in [0.717, 1.165) is 0 Å². The van der Waals surface area contributed by atoms with Crippen molar-refractivity contribution in [2.75, 3.05) is 17.2 Å². The monoisotopic (exact) mass is 535 g/mol. The Morgan fingerprint density at radius 2 is 1.74 bits per heavy atom. The number of thiocarbonyl (C=S) groups is 1. The second-order valence-electron chi connectivity index (χ2n) is 8.69. The van der Waals surface area contributed by atoms with E-state index in [9.17, 15) is 19.2 Å². The summed E-state index contributed by atoms with van der Waals surface area (Å²) >= 11 is 5.58. The van der Waals surface area contributed by atoms with Gasteiger partial charge in [-0.15, -0.1) is 0 Å². The van der Waals surface area contributed by atoms with Crippen molar-refractivity contribution in [1.29, 1.82) is 0 Å². The zero-order chi connectivity index (χ0) is 27.4. The van der Waals surface area contributed by atoms with Gasteiger partial charge in [0.1, 0.15) is 12.6 Å². The number of nitrogens with zero attached hydrogens (tertiary/aromatic N) is 4. The number of Topliss-reactive ketones (excluding diaryl/α,β-unsaturated/α-hetero) is 1. The Hall–Kier alpha value is -4.45. The second kappa shape index (κ2) is 11.3. The molecule has 3 amide bonds. The van der Waals surface area contributed by atoms with E-state index in [1.54, 1.807) is 73.5 Å². The lowest BCUT2D eigenvalue weighted by atomic mass is 10.1. The molecule has 2 aromatic carbocycles. The number of aromatic nitrogens is 2. The van der Waals surface area contributed by atoms with Crippen molar-refractivity contribution in [3.05, 3.63) is 71.4 Å². The molecule has 1 fully saturated rings. The molecule has 12 heteroatoms. The highest BCUT2D eigenvalue weighted by Crippen LogP contribution is 2.25. The molecule has 1 unspecified atom stereocenters. The molecule has 3 aromatic rings. The maximum atomic E-state index is 13.2. The molecule has 0 aliphatic carbocycles. The molecule has 11 nitrogen and oxygen atoms in total. The van der Waals surface area contributed by atoms with Crippen LogP contribution in [0.5, 0.6) is 0 Å². The molecule has 0 saturated carbocycles. The Balaban J connectivity index is 1.52. The van der Waals surface area contributed by atoms with Crippen LogP contribution < -0.4 is 15.3 Å². The SMILES string of the molecule is CCN1C(=O)C(CC(=O)Nc2ccc(C(C)=O)cc2)N(Cc2c(NC(=O)c3ccccc3)on[n+]2C)C1=S. The fourth-order valence-corrected chi connectivity index (χ4v) is 4.50. The Morgan fingerprint density at radius 3 is 2.37 bits per heavy atom. The zero-order valence-corrected chi connectivity index (χ0v) is 21.9. The number of hydrogen-bond donors (Lipinski definition) is 2. The number of aryl methyl sites for hydroxylation is 1. The Morgan fingerprint density at radius 1 is 1.05 bits per heavy atom. The lowest BCUT2D eigenvalue weighted by Crippen LogP contribution is -2.43. The smallest absolute Gasteiger partial charge is 0.307 e. The number of ketones is 1. The first-order chi connectivity index (χ1) is 18.2. The van der Waals surface area contributed by atoms with E-state index >= 15 is 0 Å². The van der Waals surface area contributed by atoms with Gasteiger partial charge in [-0.1, -0.05) is 18.2 Å². The molecule has 1 atom stereocenters. The number of carbonyl (C=O) groups excluding carboxylic acids is 4. The molecule has 1 aliphatic heterocycles. The summed E-state index contributed by atoms with van der Waals surface area (Å²) in [7, 11) is 1.64. The highest BCUT2D eigenvalue weighted by Gasteiger charge is 2.44. The van der Waals surface area contributed by atoms with E-state index in [0.29, 0.717) is 29.1 Å². The molecule has 4 rings (SSSR count). The summed E-state index contributed by atoms with van der Waals surface area (Å²) in [6, 6.07) is 14.3. The highest BCUT2D eigenvalue weighted by molar-refractivity contribution is 7.80. The minimum atomic E-state index is -0.869. The first-order valence-electron chi connectivity index (χ1n) is 11.9. The van der Waals surface area contributed by atoms with Crippen LogP contribution in [0.2, 0.25) is 0 Å². The summed E-state index contributed by atoms with van der Waals surface area (Å²) in [4.78, 5) is 53.3. The summed E-state index contributed by atoms with van der Waals surface area (Å²) in [5.74, 6) is -1.04. The molecular formula is C26H27N6O5S+. The van der Waals surface area contributed by atoms with Gasteiger partial charge in [0.2, 0.25) is 11.2 Å². The van der Waals surface area contributed by atoms with Gasteiger partial charge in [0.25, 0.3) is 17.5 Å². The summed E-state index contributed by atoms with van der Waals surface area (Å²) in [5, 5.41) is 9.65. The number of amides is 3. The molecule has 0 radical (unpaired) electrons. The van der Waals surface area contributed by atoms with E-state index in [2.05, 4.69) is 15.9 Å². The van der Waals surface area contributed by atoms with Gasteiger partial charge in [-0.05, 0) is 67.1 Å². The van der Waals surface area contributed by atoms with Crippen molar-refractivity contribution in [3.63, 3.8) is 0 Å². The molecule has 38 heavy (non-hydrogen) atoms. The number of benzene rings is 2. The number of hydrogen-bond acceptors (Lipinski definition) is 7. The van der Waals surface area contributed by atoms with Crippen molar-refractivity contribution in [2.45, 2.75) is 32.9 Å². The molecule has 2 N–H and O–H groups in total. The molecule has 0 spiro atoms. The van der Waals surface area contributed by atoms with Gasteiger partial charge in [-0.3, -0.25) is 33.9 Å². The minimum absolute atomic E-state index is 0.0662. The van der Waals surface area contributed by atoms with Gasteiger partial charge in [0.15, 0.2) is 17.9 Å². The van der Waals surface area contributed by atoms with Crippen LogP contribution in [0.15, 0.2) is 59.1 Å². The van der Waals surface area contributed by atoms with E-state index < -0.39 is 11.9 Å². The lowest BCUT2D eigenvalue weighted by molar-refractivity contribution is -0.746. The number of rotatable bonds is 9. The van der Waals surface area contributed by atoms with Crippen molar-refractivity contribution < 1.29 is 28.4 Å². The Labute approximate surface area is 224 Å². The van der Waals surface area contributed by atoms with E-state index in [1.165, 1.54) is 16.5 Å². The topological polar surface area (TPSA) is 129 Å². The fourth-order valence-electron chi connectivity index (χ4n) is 4.08. The predicted octanol–water partition coefficient (Wildman–Crippen LogP) is 2.30. The van der Waals surface area contributed by atoms with Crippen LogP contribution in [-0.4, -0.2) is 56.3 Å². The predicted molar refractivity (Wildman–Crippen MR) is 141 cm³/mol. The summed E-state index contributed by atoms with van der Waals surface area (Å²) in [5.41, 5.74) is 1.93. The molecule has 0 bridgehead atoms. The van der Waals surface area contributed by atoms with Crippen LogP contribution in [0.3, 0.4) is 0 Å². The van der Waals surface area contributed by atoms with E-state index in [1.807, 2.05) is 0 Å². The van der Waals surface area contributed by atoms with Gasteiger partial charge >= 0.3 is 5.88 Å². The molecule has 1 saturated heterocycles. The first-order valence-corrected chi connectivity index (χ1v) is 12.3. The van der Waals surface area contributed by atoms with Crippen molar-refractivity contribution in [1.82, 2.24) is 15.1 Å². The average molecular weight is 536 g/mol. The van der Waals surface area contributed by atoms with Crippen molar-refractivity contribution in [3.8, 4) is 0 Å². The number of anilines is 2. The highest BCUT2D eigenvalue weighted by atomic mass is 32.1. The van der Waals surface area contributed by atoms with E-state index in [-0.39, 0.29) is 41.6 Å². The number of nitrogens with one attached hydrogen (secondary N) is 2. The molecule has 1 aliphatic rings. The molecule has 196 valence electrons. The standard InChI is InChI=1S/C26H26N6O5S/c1-4-31-25(36)20(14-22(34)27-19-12-10-17(11-13-19)16(2)33)32(26(31)38)15-21-24(37-29-30(21)3)28-23(35)18-8-6-5-7-9-18/h5-13,20H,4,14-15H2,1-3H3,(H-,27,28,29,33,34,35)/p+1. The van der Waals surface area contributed by atoms with Gasteiger partial charge in [-0.25, -0.2) is 0 Å². The maximum Gasteiger partial charge on any atom is 0.307 e. The van der Waals surface area contributed by atoms with Gasteiger partial charge in [0.05, 0.1) is 6.42 Å². The van der Waals surface area contributed by atoms with E-state index in [4.69, 9.17) is 16.7 Å². The Bertz CT molecular complexity index is 1390. The largest absolute Gasteiger partial charge is 0.326 e. The fraction of sp³-hybridized carbons (Fsp3) is 0.269. The van der Waals surface area contributed by atoms with Crippen LogP contribution in [-0.2, 0) is 23.2 Å². The van der Waals surface area contributed by atoms with Crippen LogP contribution in [0, 0.1) is 0 Å². The average Bonchev–Trinajstić information content (AvgIpc) is 3.35. The van der Waals surface area contributed by atoms with Crippen LogP contribution >= 0.6 is 12.2 Å². The van der Waals surface area contributed by atoms with Crippen LogP contribution in [0.4, 0.5) is 11.6 Å². The third-order valence-electron chi connectivity index (χ3n) is 6.16. The minimum Gasteiger partial charge on any atom is -0.326 e. The van der Waals surface area contributed by atoms with Crippen LogP contribution in [0.25, 0.3) is 0 Å². The van der Waals surface area contributed by atoms with Gasteiger partial charge < -0.3 is 10.2 Å². The summed E-state index contributed by atoms with van der Waals surface area (Å²) in [6.07, 6.45) is -0.162. The second-order valence-corrected chi connectivity index (χ2v) is 9.05. The van der Waals surface area contributed by atoms with Crippen LogP contribution in [0.1, 0.15) is 46.7 Å². The normalized spacial score (nSPS) is 15.1. The van der Waals surface area contributed by atoms with Crippen molar-refractivity contribution in [2.24, 2.45) is 7.05 Å². The maximum absolute atomic E-state index is 13.2. The van der Waals surface area contributed by atoms with Gasteiger partial charge in [0, 0.05) is 23.4 Å². The van der Waals surface area contributed by atoms with Gasteiger partial charge in [-0.2, -0.15) is 0 Å². The Kier molecular flexibility index (Phi) is 7.91. The summed E-state index contributed by atoms with van der Waals surface area (Å²) in [6.45, 7) is 3.67. The summed E-state index contributed by atoms with van der Waals surface area (Å²) < 4.78 is 6.78. The lowest BCUT2D eigenvalue weighted by Gasteiger charge is -2.21. The van der Waals surface area contributed by atoms with Crippen molar-refractivity contribution >= 4 is 52.4 Å². The third kappa shape index (κ3) is 5.59. The number of carbonyl (C=O) groups is 4.